The molecule has 0 aliphatic rings. The van der Waals surface area contributed by atoms with E-state index in [2.05, 4.69) is 11.7 Å². The maximum atomic E-state index is 11.5. The summed E-state index contributed by atoms with van der Waals surface area (Å²) in [5.74, 6) is -0.138. The fraction of sp³-hybridized carbons (Fsp3) is 0.200. The minimum atomic E-state index is -1.24. The first-order valence-corrected chi connectivity index (χ1v) is 6.19. The number of rotatable bonds is 5. The van der Waals surface area contributed by atoms with Crippen LogP contribution in [0, 0.1) is 0 Å². The Hall–Kier alpha value is -2.40. The van der Waals surface area contributed by atoms with Gasteiger partial charge in [-0.25, -0.2) is 4.79 Å². The summed E-state index contributed by atoms with van der Waals surface area (Å²) in [6.07, 6.45) is -1.24. The van der Waals surface area contributed by atoms with Gasteiger partial charge in [0.05, 0.1) is 12.2 Å². The van der Waals surface area contributed by atoms with Crippen LogP contribution in [-0.2, 0) is 9.53 Å². The number of hydrogen-bond donors (Lipinski definition) is 1. The molecule has 0 radical (unpaired) electrons. The number of ether oxygens (including phenoxy) is 1. The summed E-state index contributed by atoms with van der Waals surface area (Å²) in [6.45, 7) is 5.43. The van der Waals surface area contributed by atoms with E-state index in [9.17, 15) is 9.90 Å². The number of nitrogens with zero attached hydrogens (tertiary/aromatic N) is 1. The summed E-state index contributed by atoms with van der Waals surface area (Å²) in [6, 6.07) is 10.9. The van der Waals surface area contributed by atoms with E-state index >= 15 is 0 Å². The SMILES string of the molecule is C=C(C(=O)OCC)C(O)c1cc(-c2ccccc2)on1. The Morgan fingerprint density at radius 2 is 2.15 bits per heavy atom. The molecule has 1 aromatic heterocycles. The number of carbonyl (C=O) groups excluding carboxylic acids is 1. The molecule has 2 rings (SSSR count). The van der Waals surface area contributed by atoms with Crippen molar-refractivity contribution in [3.63, 3.8) is 0 Å². The monoisotopic (exact) mass is 273 g/mol. The van der Waals surface area contributed by atoms with Gasteiger partial charge in [-0.2, -0.15) is 0 Å². The number of esters is 1. The van der Waals surface area contributed by atoms with E-state index in [0.29, 0.717) is 5.76 Å². The second-order valence-electron chi connectivity index (χ2n) is 4.13. The molecule has 1 unspecified atom stereocenters. The molecule has 0 fully saturated rings. The molecule has 1 N–H and O–H groups in total. The normalized spacial score (nSPS) is 11.9. The van der Waals surface area contributed by atoms with Crippen molar-refractivity contribution in [3.05, 3.63) is 54.2 Å². The molecule has 0 spiro atoms. The highest BCUT2D eigenvalue weighted by Crippen LogP contribution is 2.26. The van der Waals surface area contributed by atoms with E-state index < -0.39 is 12.1 Å². The highest BCUT2D eigenvalue weighted by molar-refractivity contribution is 5.89. The lowest BCUT2D eigenvalue weighted by molar-refractivity contribution is -0.139. The third-order valence-electron chi connectivity index (χ3n) is 2.73. The molecular weight excluding hydrogens is 258 g/mol. The summed E-state index contributed by atoms with van der Waals surface area (Å²) in [7, 11) is 0. The van der Waals surface area contributed by atoms with Crippen LogP contribution < -0.4 is 0 Å². The molecule has 2 aromatic rings. The van der Waals surface area contributed by atoms with Crippen molar-refractivity contribution in [1.29, 1.82) is 0 Å². The molecule has 0 aliphatic heterocycles. The van der Waals surface area contributed by atoms with Gasteiger partial charge in [0.1, 0.15) is 11.8 Å². The molecule has 0 aliphatic carbocycles. The Morgan fingerprint density at radius 1 is 1.45 bits per heavy atom. The molecule has 0 saturated carbocycles. The van der Waals surface area contributed by atoms with Crippen molar-refractivity contribution in [2.24, 2.45) is 0 Å². The summed E-state index contributed by atoms with van der Waals surface area (Å²) in [5.41, 5.74) is 0.988. The summed E-state index contributed by atoms with van der Waals surface area (Å²) >= 11 is 0. The molecule has 5 heteroatoms. The van der Waals surface area contributed by atoms with Gasteiger partial charge in [0, 0.05) is 11.6 Å². The van der Waals surface area contributed by atoms with Crippen LogP contribution >= 0.6 is 0 Å². The number of benzene rings is 1. The zero-order chi connectivity index (χ0) is 14.5. The quantitative estimate of drug-likeness (QED) is 0.669. The van der Waals surface area contributed by atoms with Crippen LogP contribution in [-0.4, -0.2) is 22.8 Å². The highest BCUT2D eigenvalue weighted by Gasteiger charge is 2.23. The van der Waals surface area contributed by atoms with Gasteiger partial charge < -0.3 is 14.4 Å². The Bertz CT molecular complexity index is 603. The summed E-state index contributed by atoms with van der Waals surface area (Å²) in [4.78, 5) is 11.5. The van der Waals surface area contributed by atoms with Gasteiger partial charge in [0.2, 0.25) is 0 Å². The molecule has 0 saturated heterocycles. The van der Waals surface area contributed by atoms with E-state index in [0.717, 1.165) is 5.56 Å². The van der Waals surface area contributed by atoms with Gasteiger partial charge in [-0.05, 0) is 6.92 Å². The van der Waals surface area contributed by atoms with Crippen molar-refractivity contribution < 1.29 is 19.2 Å². The van der Waals surface area contributed by atoms with Crippen LogP contribution in [0.15, 0.2) is 53.1 Å². The standard InChI is InChI=1S/C15H15NO4/c1-3-19-15(18)10(2)14(17)12-9-13(20-16-12)11-7-5-4-6-8-11/h4-9,14,17H,2-3H2,1H3. The van der Waals surface area contributed by atoms with Crippen LogP contribution in [0.2, 0.25) is 0 Å². The summed E-state index contributed by atoms with van der Waals surface area (Å²) in [5, 5.41) is 13.8. The Kier molecular flexibility index (Phi) is 4.32. The molecule has 0 bridgehead atoms. The van der Waals surface area contributed by atoms with Gasteiger partial charge in [-0.15, -0.1) is 0 Å². The van der Waals surface area contributed by atoms with E-state index in [1.54, 1.807) is 13.0 Å². The minimum Gasteiger partial charge on any atom is -0.463 e. The van der Waals surface area contributed by atoms with Crippen LogP contribution in [0.5, 0.6) is 0 Å². The lowest BCUT2D eigenvalue weighted by Crippen LogP contribution is -2.13. The first kappa shape index (κ1) is 14.0. The third-order valence-corrected chi connectivity index (χ3v) is 2.73. The Labute approximate surface area is 116 Å². The van der Waals surface area contributed by atoms with Crippen LogP contribution in [0.1, 0.15) is 18.7 Å². The second-order valence-corrected chi connectivity index (χ2v) is 4.13. The van der Waals surface area contributed by atoms with Gasteiger partial charge >= 0.3 is 5.97 Å². The molecule has 20 heavy (non-hydrogen) atoms. The zero-order valence-corrected chi connectivity index (χ0v) is 11.1. The van der Waals surface area contributed by atoms with E-state index in [-0.39, 0.29) is 17.9 Å². The van der Waals surface area contributed by atoms with Gasteiger partial charge in [-0.1, -0.05) is 42.1 Å². The number of carbonyl (C=O) groups is 1. The van der Waals surface area contributed by atoms with Crippen molar-refractivity contribution in [3.8, 4) is 11.3 Å². The number of aliphatic hydroxyl groups is 1. The number of hydrogen-bond acceptors (Lipinski definition) is 5. The predicted molar refractivity (Wildman–Crippen MR) is 72.7 cm³/mol. The minimum absolute atomic E-state index is 0.0697. The smallest absolute Gasteiger partial charge is 0.336 e. The van der Waals surface area contributed by atoms with Crippen molar-refractivity contribution in [2.75, 3.05) is 6.61 Å². The molecule has 5 nitrogen and oxygen atoms in total. The molecule has 1 atom stereocenters. The molecule has 1 heterocycles. The fourth-order valence-electron chi connectivity index (χ4n) is 1.67. The first-order chi connectivity index (χ1) is 9.63. The van der Waals surface area contributed by atoms with Crippen molar-refractivity contribution >= 4 is 5.97 Å². The average molecular weight is 273 g/mol. The van der Waals surface area contributed by atoms with Gasteiger partial charge in [0.25, 0.3) is 0 Å². The Morgan fingerprint density at radius 3 is 2.80 bits per heavy atom. The van der Waals surface area contributed by atoms with Gasteiger partial charge in [0.15, 0.2) is 5.76 Å². The molecule has 104 valence electrons. The molecular formula is C15H15NO4. The molecule has 1 aromatic carbocycles. The zero-order valence-electron chi connectivity index (χ0n) is 11.1. The van der Waals surface area contributed by atoms with Crippen LogP contribution in [0.25, 0.3) is 11.3 Å². The lowest BCUT2D eigenvalue weighted by atomic mass is 10.1. The maximum Gasteiger partial charge on any atom is 0.336 e. The van der Waals surface area contributed by atoms with E-state index in [1.807, 2.05) is 30.3 Å². The first-order valence-electron chi connectivity index (χ1n) is 6.19. The van der Waals surface area contributed by atoms with Crippen LogP contribution in [0.4, 0.5) is 0 Å². The largest absolute Gasteiger partial charge is 0.463 e. The summed E-state index contributed by atoms with van der Waals surface area (Å²) < 4.78 is 9.94. The second kappa shape index (κ2) is 6.16. The van der Waals surface area contributed by atoms with E-state index in [1.165, 1.54) is 0 Å². The average Bonchev–Trinajstić information content (AvgIpc) is 2.96. The van der Waals surface area contributed by atoms with Gasteiger partial charge in [-0.3, -0.25) is 0 Å². The topological polar surface area (TPSA) is 72.6 Å². The maximum absolute atomic E-state index is 11.5. The lowest BCUT2D eigenvalue weighted by Gasteiger charge is -2.09. The van der Waals surface area contributed by atoms with Crippen molar-refractivity contribution in [1.82, 2.24) is 5.16 Å². The molecule has 0 amide bonds. The van der Waals surface area contributed by atoms with E-state index in [4.69, 9.17) is 9.26 Å². The Balaban J connectivity index is 2.16. The van der Waals surface area contributed by atoms with Crippen molar-refractivity contribution in [2.45, 2.75) is 13.0 Å². The fourth-order valence-corrected chi connectivity index (χ4v) is 1.67. The number of aromatic nitrogens is 1. The number of aliphatic hydroxyl groups excluding tert-OH is 1. The predicted octanol–water partition coefficient (Wildman–Crippen LogP) is 2.49. The highest BCUT2D eigenvalue weighted by atomic mass is 16.5. The van der Waals surface area contributed by atoms with Crippen LogP contribution in [0.3, 0.4) is 0 Å². The third kappa shape index (κ3) is 2.95.